The van der Waals surface area contributed by atoms with Crippen LogP contribution >= 0.6 is 7.33 Å². The van der Waals surface area contributed by atoms with Gasteiger partial charge in [0.25, 0.3) is 7.33 Å². The first-order valence-corrected chi connectivity index (χ1v) is 21.9. The molecule has 0 saturated heterocycles. The van der Waals surface area contributed by atoms with Gasteiger partial charge in [-0.3, -0.25) is 0 Å². The van der Waals surface area contributed by atoms with Crippen LogP contribution in [0.3, 0.4) is 0 Å². The van der Waals surface area contributed by atoms with Gasteiger partial charge in [0.1, 0.15) is 0 Å². The summed E-state index contributed by atoms with van der Waals surface area (Å²) in [6.45, 7) is 0. The molecule has 12 aromatic rings. The van der Waals surface area contributed by atoms with Crippen LogP contribution in [0.1, 0.15) is 22.3 Å². The zero-order chi connectivity index (χ0) is 38.5. The summed E-state index contributed by atoms with van der Waals surface area (Å²) in [7, 11) is -1.24. The number of nitrogens with one attached hydrogen (secondary N) is 1. The minimum absolute atomic E-state index is 0.927. The highest BCUT2D eigenvalue weighted by Crippen LogP contribution is 2.50. The van der Waals surface area contributed by atoms with Crippen molar-refractivity contribution in [2.45, 2.75) is 12.8 Å². The van der Waals surface area contributed by atoms with E-state index in [2.05, 4.69) is 180 Å². The predicted octanol–water partition coefficient (Wildman–Crippen LogP) is 16.0. The number of hydrogen-bond acceptors (Lipinski definition) is 1. The van der Waals surface area contributed by atoms with Crippen molar-refractivity contribution in [1.29, 1.82) is 5.16 Å². The normalized spacial score (nSPS) is 13.3. The summed E-state index contributed by atoms with van der Waals surface area (Å²) in [5.74, 6) is 0. The summed E-state index contributed by atoms with van der Waals surface area (Å²) in [5, 5.41) is 26.9. The molecule has 2 aliphatic rings. The van der Waals surface area contributed by atoms with Crippen molar-refractivity contribution in [2.75, 3.05) is 0 Å². The molecule has 1 atom stereocenters. The Balaban J connectivity index is 1.28. The zero-order valence-corrected chi connectivity index (χ0v) is 32.9. The maximum Gasteiger partial charge on any atom is 0.274 e. The molecule has 2 aliphatic carbocycles. The number of fused-ring (bicyclic) bond motifs is 20. The van der Waals surface area contributed by atoms with Gasteiger partial charge in [0.15, 0.2) is 10.2 Å². The van der Waals surface area contributed by atoms with Crippen molar-refractivity contribution in [3.63, 3.8) is 0 Å². The number of benzene rings is 9. The third kappa shape index (κ3) is 4.26. The smallest absolute Gasteiger partial charge is 0.274 e. The number of hydrogen-bond donors (Lipinski definition) is 1. The molecular weight excluding hydrogens is 732 g/mol. The van der Waals surface area contributed by atoms with Gasteiger partial charge in [-0.1, -0.05) is 97.1 Å². The third-order valence-corrected chi connectivity index (χ3v) is 15.4. The number of rotatable bonds is 1. The minimum atomic E-state index is -1.24. The molecule has 0 aliphatic heterocycles. The van der Waals surface area contributed by atoms with E-state index in [4.69, 9.17) is 0 Å². The van der Waals surface area contributed by atoms with Gasteiger partial charge in [-0.2, -0.15) is 0 Å². The van der Waals surface area contributed by atoms with Crippen molar-refractivity contribution < 1.29 is 0 Å². The van der Waals surface area contributed by atoms with E-state index in [0.717, 1.165) is 28.8 Å². The molecule has 14 rings (SSSR count). The van der Waals surface area contributed by atoms with Crippen LogP contribution in [-0.4, -0.2) is 4.57 Å². The molecule has 3 heteroatoms. The van der Waals surface area contributed by atoms with Crippen LogP contribution in [-0.2, 0) is 12.8 Å². The van der Waals surface area contributed by atoms with Gasteiger partial charge in [0, 0.05) is 27.2 Å². The Kier molecular flexibility index (Phi) is 6.22. The van der Waals surface area contributed by atoms with Crippen molar-refractivity contribution in [2.24, 2.45) is 0 Å². The lowest BCUT2D eigenvalue weighted by Gasteiger charge is -2.15. The van der Waals surface area contributed by atoms with Gasteiger partial charge in [-0.25, -0.2) is 0 Å². The monoisotopic (exact) mass is 765 g/mol. The summed E-state index contributed by atoms with van der Waals surface area (Å²) in [6.07, 6.45) is 1.86. The lowest BCUT2D eigenvalue weighted by Crippen LogP contribution is -1.93. The molecule has 10 aromatic carbocycles. The van der Waals surface area contributed by atoms with Crippen molar-refractivity contribution in [3.05, 3.63) is 198 Å². The maximum atomic E-state index is 9.67. The second-order valence-electron chi connectivity index (χ2n) is 16.6. The Morgan fingerprint density at radius 3 is 1.53 bits per heavy atom. The molecule has 0 amide bonds. The average molecular weight is 766 g/mol. The fraction of sp³-hybridized carbons (Fsp3) is 0.0357. The first-order chi connectivity index (χ1) is 29.2. The summed E-state index contributed by atoms with van der Waals surface area (Å²) < 4.78 is 2.46. The van der Waals surface area contributed by atoms with Gasteiger partial charge >= 0.3 is 0 Å². The van der Waals surface area contributed by atoms with Gasteiger partial charge in [-0.05, 0) is 179 Å². The molecule has 2 aromatic heterocycles. The van der Waals surface area contributed by atoms with E-state index in [1.807, 2.05) is 0 Å². The van der Waals surface area contributed by atoms with Crippen LogP contribution in [0.2, 0.25) is 0 Å². The average Bonchev–Trinajstić information content (AvgIpc) is 4.01. The van der Waals surface area contributed by atoms with E-state index in [0.29, 0.717) is 0 Å². The fourth-order valence-corrected chi connectivity index (χ4v) is 12.7. The molecular formula is C56H34N2P+. The molecule has 0 radical (unpaired) electrons. The quantitative estimate of drug-likeness (QED) is 0.172. The largest absolute Gasteiger partial charge is 0.309 e. The lowest BCUT2D eigenvalue weighted by molar-refractivity contribution is 1.18. The molecule has 2 heterocycles. The summed E-state index contributed by atoms with van der Waals surface area (Å²) in [6, 6.07) is 66.3. The van der Waals surface area contributed by atoms with E-state index in [1.165, 1.54) is 120 Å². The van der Waals surface area contributed by atoms with Crippen LogP contribution in [0, 0.1) is 5.16 Å². The van der Waals surface area contributed by atoms with Crippen LogP contribution in [0.15, 0.2) is 176 Å². The molecule has 59 heavy (non-hydrogen) atoms. The van der Waals surface area contributed by atoms with Crippen LogP contribution in [0.5, 0.6) is 0 Å². The highest BCUT2D eigenvalue weighted by molar-refractivity contribution is 7.51. The van der Waals surface area contributed by atoms with Crippen LogP contribution < -0.4 is 0 Å². The Bertz CT molecular complexity index is 3970. The first kappa shape index (κ1) is 31.9. The Morgan fingerprint density at radius 2 is 0.831 bits per heavy atom. The molecule has 0 fully saturated rings. The maximum absolute atomic E-state index is 9.67. The van der Waals surface area contributed by atoms with E-state index < -0.39 is 7.33 Å². The van der Waals surface area contributed by atoms with Crippen LogP contribution in [0.4, 0.5) is 0 Å². The number of nitrogens with zero attached hydrogens (tertiary/aromatic N) is 1. The molecule has 0 saturated carbocycles. The van der Waals surface area contributed by atoms with Crippen molar-refractivity contribution in [3.8, 4) is 27.9 Å². The number of aromatic nitrogens is 1. The minimum Gasteiger partial charge on any atom is -0.309 e. The number of para-hydroxylation sites is 2. The highest BCUT2D eigenvalue weighted by Gasteiger charge is 2.26. The van der Waals surface area contributed by atoms with E-state index >= 15 is 0 Å². The topological polar surface area (TPSA) is 28.8 Å². The van der Waals surface area contributed by atoms with Gasteiger partial charge < -0.3 is 4.57 Å². The van der Waals surface area contributed by atoms with E-state index in [9.17, 15) is 5.16 Å². The second kappa shape index (κ2) is 11.5. The third-order valence-electron chi connectivity index (χ3n) is 13.7. The molecule has 2 nitrogen and oxygen atoms in total. The molecule has 1 N–H and O–H groups in total. The molecule has 272 valence electrons. The summed E-state index contributed by atoms with van der Waals surface area (Å²) >= 11 is 0. The van der Waals surface area contributed by atoms with Crippen molar-refractivity contribution in [1.82, 2.24) is 4.57 Å². The Morgan fingerprint density at radius 1 is 0.322 bits per heavy atom. The Labute approximate surface area is 340 Å². The first-order valence-electron chi connectivity index (χ1n) is 20.6. The SMILES string of the molecule is N=[p+]1c2ccccc2c2cc3c4cc5c6ccccc6n(-c6ccccc6)c5cc4c4cc5c(cc4c4cc6c(cc4c3cc21)Cc1ccccc1-6)-c1ccccc1C5. The standard InChI is InChI=1S/C56H34N2P/c57-59-55-21-11-9-19-40(55)52-29-48-47-28-51-39-18-8-10-20-53(39)58(36-14-2-1-3-15-36)54(51)30-49(47)43-24-34-22-32-12-4-6-16-37(32)41(34)26-45(43)46-27-42-35(23-33-13-5-7-17-38(33)42)25-44(46)50(48)31-56(52)59/h1-21,24-31,57H,22-23H2/q+1. The van der Waals surface area contributed by atoms with E-state index in [-0.39, 0.29) is 0 Å². The second-order valence-corrected chi connectivity index (χ2v) is 18.3. The molecule has 0 bridgehead atoms. The van der Waals surface area contributed by atoms with Gasteiger partial charge in [0.05, 0.1) is 11.0 Å². The molecule has 1 unspecified atom stereocenters. The summed E-state index contributed by atoms with van der Waals surface area (Å²) in [4.78, 5) is 0. The zero-order valence-electron chi connectivity index (χ0n) is 32.1. The van der Waals surface area contributed by atoms with Gasteiger partial charge in [0.2, 0.25) is 0 Å². The molecule has 0 spiro atoms. The van der Waals surface area contributed by atoms with Crippen LogP contribution in [0.25, 0.3) is 114 Å². The highest BCUT2D eigenvalue weighted by atomic mass is 31.1. The van der Waals surface area contributed by atoms with Gasteiger partial charge in [-0.15, -0.1) is 5.16 Å². The predicted molar refractivity (Wildman–Crippen MR) is 252 cm³/mol. The van der Waals surface area contributed by atoms with E-state index in [1.54, 1.807) is 0 Å². The van der Waals surface area contributed by atoms with Crippen molar-refractivity contribution >= 4 is 93.2 Å². The lowest BCUT2D eigenvalue weighted by atomic mass is 9.89. The summed E-state index contributed by atoms with van der Waals surface area (Å²) in [5.41, 5.74) is 14.5. The fourth-order valence-electron chi connectivity index (χ4n) is 11.0. The Hall–Kier alpha value is -7.12.